The monoisotopic (exact) mass is 302 g/mol. The van der Waals surface area contributed by atoms with E-state index in [0.717, 1.165) is 16.5 Å². The Morgan fingerprint density at radius 3 is 2.41 bits per heavy atom. The van der Waals surface area contributed by atoms with Crippen LogP contribution in [0.4, 0.5) is 0 Å². The molecule has 0 bridgehead atoms. The Kier molecular flexibility index (Phi) is 4.40. The molecule has 0 saturated heterocycles. The number of carbonyl (C=O) groups excluding carboxylic acids is 1. The molecule has 22 heavy (non-hydrogen) atoms. The number of carbonyl (C=O) groups is 1. The first kappa shape index (κ1) is 16.3. The molecule has 0 radical (unpaired) electrons. The van der Waals surface area contributed by atoms with Crippen LogP contribution < -0.4 is 5.63 Å². The molecule has 0 aliphatic carbocycles. The summed E-state index contributed by atoms with van der Waals surface area (Å²) in [6.45, 7) is 9.98. The fraction of sp³-hybridized carbons (Fsp3) is 0.444. The van der Waals surface area contributed by atoms with E-state index in [-0.39, 0.29) is 18.0 Å². The van der Waals surface area contributed by atoms with Gasteiger partial charge in [-0.25, -0.2) is 4.79 Å². The van der Waals surface area contributed by atoms with Crippen LogP contribution >= 0.6 is 0 Å². The zero-order chi connectivity index (χ0) is 16.5. The van der Waals surface area contributed by atoms with Crippen LogP contribution in [-0.4, -0.2) is 5.97 Å². The second kappa shape index (κ2) is 5.95. The van der Waals surface area contributed by atoms with Crippen molar-refractivity contribution in [3.8, 4) is 0 Å². The van der Waals surface area contributed by atoms with Crippen LogP contribution in [0.25, 0.3) is 11.0 Å². The fourth-order valence-corrected chi connectivity index (χ4v) is 2.24. The zero-order valence-corrected chi connectivity index (χ0v) is 13.8. The number of benzene rings is 1. The molecule has 0 saturated carbocycles. The maximum Gasteiger partial charge on any atom is 0.336 e. The van der Waals surface area contributed by atoms with E-state index in [4.69, 9.17) is 9.15 Å². The number of fused-ring (bicyclic) bond motifs is 1. The largest absolute Gasteiger partial charge is 0.461 e. The lowest BCUT2D eigenvalue weighted by molar-refractivity contribution is -0.147. The Bertz CT molecular complexity index is 763. The lowest BCUT2D eigenvalue weighted by Gasteiger charge is -2.17. The summed E-state index contributed by atoms with van der Waals surface area (Å²) in [5.41, 5.74) is 2.80. The second-order valence-corrected chi connectivity index (χ2v) is 6.92. The van der Waals surface area contributed by atoms with Crippen molar-refractivity contribution in [2.45, 2.75) is 47.6 Å². The fourth-order valence-electron chi connectivity index (χ4n) is 2.24. The summed E-state index contributed by atoms with van der Waals surface area (Å²) in [5.74, 6) is -0.266. The molecule has 0 spiro atoms. The lowest BCUT2D eigenvalue weighted by atomic mass is 9.92. The zero-order valence-electron chi connectivity index (χ0n) is 13.8. The van der Waals surface area contributed by atoms with Crippen LogP contribution in [0.5, 0.6) is 0 Å². The maximum absolute atomic E-state index is 11.9. The van der Waals surface area contributed by atoms with Crippen molar-refractivity contribution in [1.29, 1.82) is 0 Å². The molecule has 1 aromatic heterocycles. The summed E-state index contributed by atoms with van der Waals surface area (Å²) in [5, 5.41) is 0.811. The molecule has 0 unspecified atom stereocenters. The molecule has 2 aromatic rings. The normalized spacial score (nSPS) is 11.7. The van der Waals surface area contributed by atoms with Crippen molar-refractivity contribution in [2.24, 2.45) is 5.41 Å². The average Bonchev–Trinajstić information content (AvgIpc) is 2.36. The number of ether oxygens (including phenoxy) is 1. The van der Waals surface area contributed by atoms with Gasteiger partial charge in [0.1, 0.15) is 12.2 Å². The first-order chi connectivity index (χ1) is 10.2. The van der Waals surface area contributed by atoms with Crippen molar-refractivity contribution in [2.75, 3.05) is 0 Å². The summed E-state index contributed by atoms with van der Waals surface area (Å²) >= 11 is 0. The van der Waals surface area contributed by atoms with Gasteiger partial charge in [0, 0.05) is 17.0 Å². The van der Waals surface area contributed by atoms with Gasteiger partial charge in [-0.05, 0) is 42.5 Å². The number of hydrogen-bond donors (Lipinski definition) is 0. The highest BCUT2D eigenvalue weighted by Gasteiger charge is 2.17. The summed E-state index contributed by atoms with van der Waals surface area (Å²) < 4.78 is 10.5. The number of hydrogen-bond acceptors (Lipinski definition) is 4. The van der Waals surface area contributed by atoms with Gasteiger partial charge in [-0.2, -0.15) is 0 Å². The molecular weight excluding hydrogens is 280 g/mol. The third-order valence-corrected chi connectivity index (χ3v) is 3.51. The Morgan fingerprint density at radius 1 is 1.14 bits per heavy atom. The van der Waals surface area contributed by atoms with Gasteiger partial charge in [0.15, 0.2) is 0 Å². The smallest absolute Gasteiger partial charge is 0.336 e. The van der Waals surface area contributed by atoms with Crippen LogP contribution in [0.1, 0.15) is 43.9 Å². The molecule has 0 aliphatic rings. The van der Waals surface area contributed by atoms with Crippen LogP contribution in [0.3, 0.4) is 0 Å². The van der Waals surface area contributed by atoms with E-state index in [1.807, 2.05) is 46.8 Å². The molecule has 0 amide bonds. The quantitative estimate of drug-likeness (QED) is 0.637. The van der Waals surface area contributed by atoms with E-state index < -0.39 is 5.63 Å². The molecule has 4 nitrogen and oxygen atoms in total. The first-order valence-electron chi connectivity index (χ1n) is 7.35. The minimum absolute atomic E-state index is 0.0829. The van der Waals surface area contributed by atoms with E-state index in [9.17, 15) is 9.59 Å². The molecular formula is C18H22O4. The van der Waals surface area contributed by atoms with Gasteiger partial charge >= 0.3 is 11.6 Å². The average molecular weight is 302 g/mol. The van der Waals surface area contributed by atoms with Gasteiger partial charge in [0.2, 0.25) is 0 Å². The summed E-state index contributed by atoms with van der Waals surface area (Å²) in [4.78, 5) is 23.5. The highest BCUT2D eigenvalue weighted by molar-refractivity contribution is 5.82. The second-order valence-electron chi connectivity index (χ2n) is 6.92. The van der Waals surface area contributed by atoms with E-state index >= 15 is 0 Å². The van der Waals surface area contributed by atoms with Gasteiger partial charge in [0.05, 0.1) is 6.42 Å². The first-order valence-corrected chi connectivity index (χ1v) is 7.35. The predicted molar refractivity (Wildman–Crippen MR) is 85.8 cm³/mol. The van der Waals surface area contributed by atoms with Crippen molar-refractivity contribution >= 4 is 16.9 Å². The van der Waals surface area contributed by atoms with E-state index in [2.05, 4.69) is 0 Å². The number of aryl methyl sites for hydroxylation is 2. The SMILES string of the molecule is Cc1cc2oc(=O)cc(COC(=O)CC(C)(C)C)c2cc1C. The van der Waals surface area contributed by atoms with Gasteiger partial charge in [-0.1, -0.05) is 20.8 Å². The topological polar surface area (TPSA) is 56.5 Å². The molecule has 1 heterocycles. The molecule has 0 aliphatic heterocycles. The summed E-state index contributed by atoms with van der Waals surface area (Å²) in [6, 6.07) is 5.19. The molecule has 118 valence electrons. The molecule has 4 heteroatoms. The van der Waals surface area contributed by atoms with E-state index in [0.29, 0.717) is 17.6 Å². The Balaban J connectivity index is 2.29. The van der Waals surface area contributed by atoms with Crippen LogP contribution in [-0.2, 0) is 16.1 Å². The van der Waals surface area contributed by atoms with Crippen LogP contribution in [0.15, 0.2) is 27.4 Å². The third-order valence-electron chi connectivity index (χ3n) is 3.51. The highest BCUT2D eigenvalue weighted by Crippen LogP contribution is 2.23. The van der Waals surface area contributed by atoms with Crippen molar-refractivity contribution in [1.82, 2.24) is 0 Å². The molecule has 2 rings (SSSR count). The standard InChI is InChI=1S/C18H22O4/c1-11-6-14-13(10-21-17(20)9-18(3,4)5)8-16(19)22-15(14)7-12(11)2/h6-8H,9-10H2,1-5H3. The third kappa shape index (κ3) is 3.97. The van der Waals surface area contributed by atoms with Crippen molar-refractivity contribution in [3.05, 3.63) is 45.3 Å². The molecule has 0 N–H and O–H groups in total. The maximum atomic E-state index is 11.9. The number of rotatable bonds is 3. The van der Waals surface area contributed by atoms with Crippen LogP contribution in [0, 0.1) is 19.3 Å². The van der Waals surface area contributed by atoms with Gasteiger partial charge < -0.3 is 9.15 Å². The Hall–Kier alpha value is -2.10. The molecule has 0 atom stereocenters. The van der Waals surface area contributed by atoms with Gasteiger partial charge in [-0.3, -0.25) is 4.79 Å². The molecule has 1 aromatic carbocycles. The predicted octanol–water partition coefficient (Wildman–Crippen LogP) is 3.89. The van der Waals surface area contributed by atoms with E-state index in [1.165, 1.54) is 6.07 Å². The molecule has 0 fully saturated rings. The lowest BCUT2D eigenvalue weighted by Crippen LogP contribution is -2.15. The number of esters is 1. The minimum Gasteiger partial charge on any atom is -0.461 e. The van der Waals surface area contributed by atoms with Crippen molar-refractivity contribution < 1.29 is 13.9 Å². The summed E-state index contributed by atoms with van der Waals surface area (Å²) in [7, 11) is 0. The van der Waals surface area contributed by atoms with Crippen LogP contribution in [0.2, 0.25) is 0 Å². The van der Waals surface area contributed by atoms with Gasteiger partial charge in [-0.15, -0.1) is 0 Å². The van der Waals surface area contributed by atoms with Crippen molar-refractivity contribution in [3.63, 3.8) is 0 Å². The Labute approximate surface area is 130 Å². The highest BCUT2D eigenvalue weighted by atomic mass is 16.5. The Morgan fingerprint density at radius 2 is 1.77 bits per heavy atom. The summed E-state index contributed by atoms with van der Waals surface area (Å²) in [6.07, 6.45) is 0.338. The van der Waals surface area contributed by atoms with E-state index in [1.54, 1.807) is 0 Å². The minimum atomic E-state index is -0.433. The van der Waals surface area contributed by atoms with Gasteiger partial charge in [0.25, 0.3) is 0 Å².